The van der Waals surface area contributed by atoms with E-state index in [0.717, 1.165) is 30.9 Å². The zero-order chi connectivity index (χ0) is 35.9. The Hall–Kier alpha value is -2.45. The van der Waals surface area contributed by atoms with Gasteiger partial charge in [-0.1, -0.05) is 61.3 Å². The van der Waals surface area contributed by atoms with Gasteiger partial charge in [-0.05, 0) is 94.6 Å². The monoisotopic (exact) mass is 894 g/mol. The van der Waals surface area contributed by atoms with Gasteiger partial charge >= 0.3 is 0 Å². The van der Waals surface area contributed by atoms with Gasteiger partial charge in [0, 0.05) is 75.3 Å². The molecule has 0 spiro atoms. The summed E-state index contributed by atoms with van der Waals surface area (Å²) in [6.07, 6.45) is 0. The predicted octanol–water partition coefficient (Wildman–Crippen LogP) is 12.5. The molecule has 0 fully saturated rings. The molecule has 0 aliphatic carbocycles. The smallest absolute Gasteiger partial charge is 0.191 e. The molecule has 0 N–H and O–H groups in total. The maximum absolute atomic E-state index is 13.5. The minimum absolute atomic E-state index is 0.0677. The molecule has 0 radical (unpaired) electrons. The van der Waals surface area contributed by atoms with Crippen LogP contribution in [0.1, 0.15) is 36.6 Å². The first-order valence-electron chi connectivity index (χ1n) is 14.6. The van der Waals surface area contributed by atoms with Crippen LogP contribution in [-0.2, 0) is 0 Å². The predicted molar refractivity (Wildman–Crippen MR) is 209 cm³/mol. The van der Waals surface area contributed by atoms with Crippen molar-refractivity contribution in [3.8, 4) is 0 Å². The van der Waals surface area contributed by atoms with Gasteiger partial charge in [0.15, 0.2) is 17.3 Å². The summed E-state index contributed by atoms with van der Waals surface area (Å²) >= 11 is 18.2. The summed E-state index contributed by atoms with van der Waals surface area (Å²) in [5.74, 6) is 0.678. The van der Waals surface area contributed by atoms with Crippen molar-refractivity contribution in [1.29, 1.82) is 0 Å². The molecular formula is C37H24Br2ClF3O3S4. The molecule has 0 saturated heterocycles. The molecule has 50 heavy (non-hydrogen) atoms. The van der Waals surface area contributed by atoms with E-state index in [0.29, 0.717) is 49.9 Å². The molecule has 0 amide bonds. The Morgan fingerprint density at radius 1 is 0.640 bits per heavy atom. The quantitative estimate of drug-likeness (QED) is 0.147. The molecule has 3 heterocycles. The number of fused-ring (bicyclic) bond motifs is 3. The average molecular weight is 897 g/mol. The molecular weight excluding hydrogens is 873 g/mol. The van der Waals surface area contributed by atoms with Gasteiger partial charge in [-0.25, -0.2) is 13.2 Å². The number of rotatable bonds is 2. The summed E-state index contributed by atoms with van der Waals surface area (Å²) in [7, 11) is 0. The average Bonchev–Trinajstić information content (AvgIpc) is 3.11. The summed E-state index contributed by atoms with van der Waals surface area (Å²) in [4.78, 5) is 42.6. The first-order chi connectivity index (χ1) is 24.0. The minimum Gasteiger partial charge on any atom is -0.289 e. The van der Waals surface area contributed by atoms with Crippen LogP contribution in [0.4, 0.5) is 13.2 Å². The third kappa shape index (κ3) is 9.50. The van der Waals surface area contributed by atoms with E-state index in [1.54, 1.807) is 70.1 Å². The highest BCUT2D eigenvalue weighted by Crippen LogP contribution is 2.36. The van der Waals surface area contributed by atoms with Crippen LogP contribution in [0.3, 0.4) is 0 Å². The van der Waals surface area contributed by atoms with Crippen LogP contribution in [0.15, 0.2) is 124 Å². The summed E-state index contributed by atoms with van der Waals surface area (Å²) < 4.78 is 39.7. The molecule has 0 saturated carbocycles. The Bertz CT molecular complexity index is 2020. The molecule has 4 aromatic carbocycles. The highest BCUT2D eigenvalue weighted by Gasteiger charge is 2.24. The van der Waals surface area contributed by atoms with Crippen LogP contribution >= 0.6 is 90.5 Å². The van der Waals surface area contributed by atoms with Crippen LogP contribution in [0.25, 0.3) is 0 Å². The Morgan fingerprint density at radius 3 is 1.60 bits per heavy atom. The second kappa shape index (κ2) is 17.9. The molecule has 4 aromatic rings. The standard InChI is InChI=1S/C17H12F2OS2.C10H6BrClOS.C10H6BrFOS/c1-10-2-4-13(7-15(10)19)21-8-11-9-22-16-5-3-12(18)6-14(16)17(11)20;2*11-4-6-5-14-9-2-1-7(12)3-8(9)10(6)13/h2-8H,9H2,1H3;2*1-4H,5H2/b11-8+;2*6-4+. The number of carbonyl (C=O) groups excluding carboxylic acids is 3. The van der Waals surface area contributed by atoms with E-state index < -0.39 is 5.82 Å². The van der Waals surface area contributed by atoms with Crippen molar-refractivity contribution in [2.24, 2.45) is 0 Å². The van der Waals surface area contributed by atoms with Gasteiger partial charge in [0.2, 0.25) is 0 Å². The van der Waals surface area contributed by atoms with Crippen molar-refractivity contribution in [3.05, 3.63) is 150 Å². The maximum Gasteiger partial charge on any atom is 0.191 e. The van der Waals surface area contributed by atoms with E-state index in [2.05, 4.69) is 31.9 Å². The van der Waals surface area contributed by atoms with Gasteiger partial charge < -0.3 is 0 Å². The molecule has 0 aromatic heterocycles. The fraction of sp³-hybridized carbons (Fsp3) is 0.108. The SMILES string of the molecule is Cc1ccc(S/C=C2\CSc3ccc(F)cc3C2=O)cc1F.O=C1/C(=C/Br)CSc2ccc(Cl)cc21.O=C1/C(=C/Br)CSc2ccc(F)cc21. The van der Waals surface area contributed by atoms with Gasteiger partial charge in [-0.2, -0.15) is 0 Å². The lowest BCUT2D eigenvalue weighted by molar-refractivity contribution is 0.102. The van der Waals surface area contributed by atoms with Crippen LogP contribution in [0, 0.1) is 24.4 Å². The lowest BCUT2D eigenvalue weighted by Gasteiger charge is -2.16. The largest absolute Gasteiger partial charge is 0.289 e. The highest BCUT2D eigenvalue weighted by atomic mass is 79.9. The van der Waals surface area contributed by atoms with Crippen molar-refractivity contribution in [1.82, 2.24) is 0 Å². The lowest BCUT2D eigenvalue weighted by atomic mass is 10.1. The summed E-state index contributed by atoms with van der Waals surface area (Å²) in [6.45, 7) is 1.70. The molecule has 7 rings (SSSR count). The molecule has 0 bridgehead atoms. The first-order valence-corrected chi connectivity index (χ1v) is 20.6. The Kier molecular flexibility index (Phi) is 13.8. The number of hydrogen-bond acceptors (Lipinski definition) is 7. The fourth-order valence-electron chi connectivity index (χ4n) is 4.63. The number of thioether (sulfide) groups is 4. The third-order valence-corrected chi connectivity index (χ3v) is 13.0. The number of halogens is 6. The maximum atomic E-state index is 13.5. The number of hydrogen-bond donors (Lipinski definition) is 0. The van der Waals surface area contributed by atoms with Crippen molar-refractivity contribution in [2.45, 2.75) is 26.5 Å². The van der Waals surface area contributed by atoms with Gasteiger partial charge in [0.05, 0.1) is 0 Å². The molecule has 13 heteroatoms. The van der Waals surface area contributed by atoms with Crippen molar-refractivity contribution in [2.75, 3.05) is 17.3 Å². The van der Waals surface area contributed by atoms with E-state index in [4.69, 9.17) is 11.6 Å². The molecule has 3 aliphatic heterocycles. The summed E-state index contributed by atoms with van der Waals surface area (Å²) in [6, 6.07) is 19.0. The second-order valence-corrected chi connectivity index (χ2v) is 16.1. The van der Waals surface area contributed by atoms with Gasteiger partial charge in [0.1, 0.15) is 17.5 Å². The van der Waals surface area contributed by atoms with Crippen LogP contribution in [-0.4, -0.2) is 34.6 Å². The van der Waals surface area contributed by atoms with E-state index in [1.807, 2.05) is 18.2 Å². The molecule has 0 unspecified atom stereocenters. The third-order valence-electron chi connectivity index (χ3n) is 7.33. The van der Waals surface area contributed by atoms with Crippen LogP contribution in [0.2, 0.25) is 5.02 Å². The van der Waals surface area contributed by atoms with Crippen molar-refractivity contribution >= 4 is 108 Å². The second-order valence-electron chi connectivity index (χ2n) is 10.7. The van der Waals surface area contributed by atoms with Gasteiger partial charge in [-0.15, -0.1) is 35.3 Å². The highest BCUT2D eigenvalue weighted by molar-refractivity contribution is 9.11. The number of Topliss-reactive ketones (excluding diaryl/α,β-unsaturated/α-hetero) is 3. The zero-order valence-electron chi connectivity index (χ0n) is 25.9. The molecule has 3 nitrogen and oxygen atoms in total. The molecule has 0 atom stereocenters. The topological polar surface area (TPSA) is 51.2 Å². The van der Waals surface area contributed by atoms with Crippen molar-refractivity contribution in [3.63, 3.8) is 0 Å². The van der Waals surface area contributed by atoms with Crippen LogP contribution in [0.5, 0.6) is 0 Å². The number of carbonyl (C=O) groups is 3. The van der Waals surface area contributed by atoms with E-state index >= 15 is 0 Å². The van der Waals surface area contributed by atoms with E-state index in [1.165, 1.54) is 53.9 Å². The molecule has 3 aliphatic rings. The minimum atomic E-state index is -0.415. The summed E-state index contributed by atoms with van der Waals surface area (Å²) in [5.41, 5.74) is 4.22. The van der Waals surface area contributed by atoms with Gasteiger partial charge in [0.25, 0.3) is 0 Å². The lowest BCUT2D eigenvalue weighted by Crippen LogP contribution is -2.12. The van der Waals surface area contributed by atoms with Crippen molar-refractivity contribution < 1.29 is 27.6 Å². The number of benzene rings is 4. The van der Waals surface area contributed by atoms with Gasteiger partial charge in [-0.3, -0.25) is 14.4 Å². The first kappa shape index (κ1) is 38.8. The molecule has 256 valence electrons. The normalized spacial score (nSPS) is 17.3. The number of ketones is 3. The van der Waals surface area contributed by atoms with E-state index in [9.17, 15) is 27.6 Å². The fourth-order valence-corrected chi connectivity index (χ4v) is 9.86. The van der Waals surface area contributed by atoms with Crippen LogP contribution < -0.4 is 0 Å². The zero-order valence-corrected chi connectivity index (χ0v) is 33.1. The summed E-state index contributed by atoms with van der Waals surface area (Å²) in [5, 5.41) is 2.33. The number of aryl methyl sites for hydroxylation is 1. The Balaban J connectivity index is 0.000000152. The Morgan fingerprint density at radius 2 is 1.10 bits per heavy atom. The van der Waals surface area contributed by atoms with E-state index in [-0.39, 0.29) is 29.0 Å². The Labute approximate surface area is 326 Å².